The van der Waals surface area contributed by atoms with E-state index in [1.807, 2.05) is 6.92 Å². The summed E-state index contributed by atoms with van der Waals surface area (Å²) in [6.07, 6.45) is 1.60. The molecule has 0 saturated heterocycles. The van der Waals surface area contributed by atoms with Gasteiger partial charge >= 0.3 is 6.09 Å². The molecule has 8 heteroatoms. The highest BCUT2D eigenvalue weighted by Gasteiger charge is 2.50. The number of hydrazone groups is 1. The van der Waals surface area contributed by atoms with Crippen LogP contribution in [0.2, 0.25) is 0 Å². The summed E-state index contributed by atoms with van der Waals surface area (Å²) in [4.78, 5) is 11.8. The van der Waals surface area contributed by atoms with Crippen molar-refractivity contribution in [3.8, 4) is 0 Å². The minimum Gasteiger partial charge on any atom is -0.435 e. The Morgan fingerprint density at radius 3 is 2.72 bits per heavy atom. The van der Waals surface area contributed by atoms with Gasteiger partial charge in [0.1, 0.15) is 11.5 Å². The van der Waals surface area contributed by atoms with Crippen molar-refractivity contribution in [2.24, 2.45) is 10.8 Å². The maximum absolute atomic E-state index is 13.4. The fourth-order valence-corrected chi connectivity index (χ4v) is 4.24. The Morgan fingerprint density at radius 1 is 1.44 bits per heavy atom. The molecule has 0 bridgehead atoms. The molecule has 1 aliphatic carbocycles. The highest BCUT2D eigenvalue weighted by Crippen LogP contribution is 2.43. The Kier molecular flexibility index (Phi) is 4.87. The zero-order valence-corrected chi connectivity index (χ0v) is 15.5. The van der Waals surface area contributed by atoms with Crippen LogP contribution in [0.5, 0.6) is 0 Å². The van der Waals surface area contributed by atoms with E-state index in [1.165, 1.54) is 12.1 Å². The van der Waals surface area contributed by atoms with Gasteiger partial charge in [0.05, 0.1) is 5.60 Å². The van der Waals surface area contributed by atoms with Crippen LogP contribution in [-0.2, 0) is 4.74 Å². The minimum atomic E-state index is -0.938. The molecule has 1 atom stereocenters. The number of rotatable bonds is 3. The lowest BCUT2D eigenvalue weighted by atomic mass is 9.70. The zero-order chi connectivity index (χ0) is 18.2. The van der Waals surface area contributed by atoms with Crippen LogP contribution < -0.4 is 11.2 Å². The third-order valence-electron chi connectivity index (χ3n) is 4.86. The zero-order valence-electron chi connectivity index (χ0n) is 13.9. The standard InChI is InChI=1S/C17H21BrFN3O3/c1-10(20)9-16(24)4-6-17(7-5-16)14(21-22-15(23)25-17)12-3-2-11(19)8-13(12)18/h2-3,8,10,24H,4-7,9,20H2,1H3,(H,22,23)/t10-,16?,17?/m0/s1. The molecular formula is C17H21BrFN3O3. The summed E-state index contributed by atoms with van der Waals surface area (Å²) in [7, 11) is 0. The Labute approximate surface area is 153 Å². The number of hydrogen-bond acceptors (Lipinski definition) is 5. The average Bonchev–Trinajstić information content (AvgIpc) is 2.51. The summed E-state index contributed by atoms with van der Waals surface area (Å²) in [6.45, 7) is 1.86. The van der Waals surface area contributed by atoms with E-state index in [0.29, 0.717) is 47.9 Å². The molecule has 4 N–H and O–H groups in total. The van der Waals surface area contributed by atoms with Gasteiger partial charge in [-0.1, -0.05) is 15.9 Å². The molecule has 1 spiro atoms. The summed E-state index contributed by atoms with van der Waals surface area (Å²) in [6, 6.07) is 4.16. The minimum absolute atomic E-state index is 0.117. The van der Waals surface area contributed by atoms with E-state index in [-0.39, 0.29) is 11.9 Å². The first kappa shape index (κ1) is 18.3. The van der Waals surface area contributed by atoms with Crippen LogP contribution in [-0.4, -0.2) is 34.2 Å². The van der Waals surface area contributed by atoms with Gasteiger partial charge in [-0.05, 0) is 57.2 Å². The van der Waals surface area contributed by atoms with Gasteiger partial charge in [0.2, 0.25) is 0 Å². The molecule has 1 aromatic rings. The van der Waals surface area contributed by atoms with Crippen LogP contribution in [0.3, 0.4) is 0 Å². The summed E-state index contributed by atoms with van der Waals surface area (Å²) >= 11 is 3.35. The molecule has 1 amide bonds. The number of hydrogen-bond donors (Lipinski definition) is 3. The number of ether oxygens (including phenoxy) is 1. The SMILES string of the molecule is C[C@H](N)CC1(O)CCC2(CC1)OC(=O)NN=C2c1ccc(F)cc1Br. The number of carbonyl (C=O) groups excluding carboxylic acids is 1. The van der Waals surface area contributed by atoms with Crippen molar-refractivity contribution in [2.45, 2.75) is 56.3 Å². The number of nitrogens with two attached hydrogens (primary N) is 1. The van der Waals surface area contributed by atoms with Crippen molar-refractivity contribution in [3.05, 3.63) is 34.1 Å². The monoisotopic (exact) mass is 413 g/mol. The predicted octanol–water partition coefficient (Wildman–Crippen LogP) is 2.81. The van der Waals surface area contributed by atoms with E-state index < -0.39 is 17.3 Å². The highest BCUT2D eigenvalue weighted by molar-refractivity contribution is 9.10. The maximum Gasteiger partial charge on any atom is 0.428 e. The van der Waals surface area contributed by atoms with Gasteiger partial charge in [0.25, 0.3) is 0 Å². The Hall–Kier alpha value is -1.51. The van der Waals surface area contributed by atoms with Crippen LogP contribution in [0, 0.1) is 5.82 Å². The number of amides is 1. The molecule has 0 unspecified atom stereocenters. The molecular weight excluding hydrogens is 393 g/mol. The maximum atomic E-state index is 13.4. The number of carbonyl (C=O) groups is 1. The molecule has 136 valence electrons. The molecule has 1 fully saturated rings. The van der Waals surface area contributed by atoms with Gasteiger partial charge in [-0.2, -0.15) is 5.10 Å². The molecule has 25 heavy (non-hydrogen) atoms. The van der Waals surface area contributed by atoms with Gasteiger partial charge in [-0.25, -0.2) is 14.6 Å². The molecule has 0 aromatic heterocycles. The Morgan fingerprint density at radius 2 is 2.12 bits per heavy atom. The van der Waals surface area contributed by atoms with Crippen LogP contribution in [0.4, 0.5) is 9.18 Å². The molecule has 6 nitrogen and oxygen atoms in total. The molecule has 3 rings (SSSR count). The second-order valence-corrected chi connectivity index (χ2v) is 7.84. The van der Waals surface area contributed by atoms with Crippen molar-refractivity contribution in [1.82, 2.24) is 5.43 Å². The quantitative estimate of drug-likeness (QED) is 0.709. The first-order valence-corrected chi connectivity index (χ1v) is 9.03. The predicted molar refractivity (Wildman–Crippen MR) is 94.7 cm³/mol. The lowest BCUT2D eigenvalue weighted by Crippen LogP contribution is -2.55. The summed E-state index contributed by atoms with van der Waals surface area (Å²) in [5.74, 6) is -0.374. The summed E-state index contributed by atoms with van der Waals surface area (Å²) < 4.78 is 19.6. The highest BCUT2D eigenvalue weighted by atomic mass is 79.9. The van der Waals surface area contributed by atoms with Crippen molar-refractivity contribution in [2.75, 3.05) is 0 Å². The number of halogens is 2. The summed E-state index contributed by atoms with van der Waals surface area (Å²) in [5.41, 5.74) is 7.53. The fourth-order valence-electron chi connectivity index (χ4n) is 3.70. The van der Waals surface area contributed by atoms with Crippen molar-refractivity contribution < 1.29 is 19.0 Å². The van der Waals surface area contributed by atoms with Gasteiger partial charge in [0.15, 0.2) is 5.60 Å². The number of nitrogens with one attached hydrogen (secondary N) is 1. The molecule has 1 saturated carbocycles. The Balaban J connectivity index is 1.92. The van der Waals surface area contributed by atoms with Crippen LogP contribution in [0.1, 0.15) is 44.6 Å². The number of benzene rings is 1. The first-order valence-electron chi connectivity index (χ1n) is 8.24. The molecule has 0 radical (unpaired) electrons. The molecule has 2 aliphatic rings. The van der Waals surface area contributed by atoms with E-state index in [9.17, 15) is 14.3 Å². The number of aliphatic hydroxyl groups is 1. The van der Waals surface area contributed by atoms with Crippen LogP contribution >= 0.6 is 15.9 Å². The lowest BCUT2D eigenvalue weighted by Gasteiger charge is -2.45. The van der Waals surface area contributed by atoms with Crippen LogP contribution in [0.15, 0.2) is 27.8 Å². The van der Waals surface area contributed by atoms with Crippen molar-refractivity contribution in [3.63, 3.8) is 0 Å². The van der Waals surface area contributed by atoms with E-state index in [2.05, 4.69) is 26.5 Å². The largest absolute Gasteiger partial charge is 0.435 e. The van der Waals surface area contributed by atoms with E-state index in [1.54, 1.807) is 6.07 Å². The second-order valence-electron chi connectivity index (χ2n) is 6.99. The summed E-state index contributed by atoms with van der Waals surface area (Å²) in [5, 5.41) is 14.9. The van der Waals surface area contributed by atoms with Gasteiger partial charge < -0.3 is 15.6 Å². The molecule has 1 heterocycles. The average molecular weight is 414 g/mol. The van der Waals surface area contributed by atoms with Crippen molar-refractivity contribution >= 4 is 27.7 Å². The third kappa shape index (κ3) is 3.70. The molecule has 1 aliphatic heterocycles. The lowest BCUT2D eigenvalue weighted by molar-refractivity contribution is -0.0650. The third-order valence-corrected chi connectivity index (χ3v) is 5.51. The van der Waals surface area contributed by atoms with Crippen LogP contribution in [0.25, 0.3) is 0 Å². The van der Waals surface area contributed by atoms with Gasteiger partial charge in [-0.15, -0.1) is 0 Å². The van der Waals surface area contributed by atoms with E-state index in [0.717, 1.165) is 0 Å². The van der Waals surface area contributed by atoms with Crippen molar-refractivity contribution in [1.29, 1.82) is 0 Å². The first-order chi connectivity index (χ1) is 11.7. The molecule has 1 aromatic carbocycles. The normalized spacial score (nSPS) is 30.4. The van der Waals surface area contributed by atoms with Gasteiger partial charge in [-0.3, -0.25) is 0 Å². The van der Waals surface area contributed by atoms with E-state index >= 15 is 0 Å². The van der Waals surface area contributed by atoms with Gasteiger partial charge in [0, 0.05) is 16.1 Å². The second kappa shape index (κ2) is 6.66. The van der Waals surface area contributed by atoms with E-state index in [4.69, 9.17) is 10.5 Å². The smallest absolute Gasteiger partial charge is 0.428 e. The fraction of sp³-hybridized carbons (Fsp3) is 0.529. The topological polar surface area (TPSA) is 96.9 Å². The Bertz CT molecular complexity index is 715. The number of nitrogens with zero attached hydrogens (tertiary/aromatic N) is 1.